The first-order valence-corrected chi connectivity index (χ1v) is 7.53. The summed E-state index contributed by atoms with van der Waals surface area (Å²) < 4.78 is 5.62. The van der Waals surface area contributed by atoms with Crippen LogP contribution in [-0.4, -0.2) is 12.1 Å². The first-order chi connectivity index (χ1) is 8.70. The Bertz CT molecular complexity index is 402. The van der Waals surface area contributed by atoms with Crippen molar-refractivity contribution >= 4 is 5.97 Å². The Balaban J connectivity index is 1.60. The van der Waals surface area contributed by atoms with Crippen LogP contribution in [0.4, 0.5) is 0 Å². The second kappa shape index (κ2) is 3.61. The zero-order chi connectivity index (χ0) is 12.4. The van der Waals surface area contributed by atoms with E-state index in [1.165, 1.54) is 25.3 Å². The van der Waals surface area contributed by atoms with E-state index in [9.17, 15) is 4.79 Å². The van der Waals surface area contributed by atoms with Gasteiger partial charge in [-0.05, 0) is 61.2 Å². The van der Waals surface area contributed by atoms with Gasteiger partial charge in [-0.2, -0.15) is 0 Å². The maximum absolute atomic E-state index is 11.5. The van der Waals surface area contributed by atoms with Gasteiger partial charge in [0.05, 0.1) is 0 Å². The second-order valence-electron chi connectivity index (χ2n) is 7.00. The Morgan fingerprint density at radius 1 is 1.17 bits per heavy atom. The third-order valence-corrected chi connectivity index (χ3v) is 6.64. The van der Waals surface area contributed by atoms with Crippen LogP contribution in [-0.2, 0) is 9.53 Å². The van der Waals surface area contributed by atoms with Crippen LogP contribution in [0.1, 0.15) is 32.6 Å². The number of carbonyl (C=O) groups excluding carboxylic acids is 1. The van der Waals surface area contributed by atoms with Crippen molar-refractivity contribution in [1.29, 1.82) is 0 Å². The quantitative estimate of drug-likeness (QED) is 0.425. The van der Waals surface area contributed by atoms with Crippen molar-refractivity contribution < 1.29 is 9.53 Å². The molecule has 0 aliphatic heterocycles. The van der Waals surface area contributed by atoms with Gasteiger partial charge in [-0.1, -0.05) is 13.5 Å². The molecule has 0 aromatic rings. The van der Waals surface area contributed by atoms with Crippen molar-refractivity contribution in [3.8, 4) is 0 Å². The maximum atomic E-state index is 11.5. The molecule has 0 amide bonds. The summed E-state index contributed by atoms with van der Waals surface area (Å²) in [5.74, 6) is 5.83. The molecule has 4 fully saturated rings. The Kier molecular flexibility index (Phi) is 2.22. The summed E-state index contributed by atoms with van der Waals surface area (Å²) >= 11 is 0. The zero-order valence-corrected chi connectivity index (χ0v) is 11.0. The number of esters is 1. The van der Waals surface area contributed by atoms with E-state index in [1.54, 1.807) is 0 Å². The van der Waals surface area contributed by atoms with Crippen LogP contribution in [0.5, 0.6) is 0 Å². The molecular weight excluding hydrogens is 224 g/mol. The lowest BCUT2D eigenvalue weighted by atomic mass is 9.70. The van der Waals surface area contributed by atoms with Gasteiger partial charge in [0.1, 0.15) is 6.10 Å². The number of rotatable bonds is 2. The van der Waals surface area contributed by atoms with Crippen LogP contribution >= 0.6 is 0 Å². The van der Waals surface area contributed by atoms with E-state index in [0.29, 0.717) is 5.92 Å². The maximum Gasteiger partial charge on any atom is 0.330 e. The molecule has 8 unspecified atom stereocenters. The average molecular weight is 246 g/mol. The fraction of sp³-hybridized carbons (Fsp3) is 0.812. The van der Waals surface area contributed by atoms with E-state index >= 15 is 0 Å². The first-order valence-electron chi connectivity index (χ1n) is 7.53. The second-order valence-corrected chi connectivity index (χ2v) is 7.00. The van der Waals surface area contributed by atoms with E-state index in [2.05, 4.69) is 13.5 Å². The highest BCUT2D eigenvalue weighted by Crippen LogP contribution is 2.69. The predicted molar refractivity (Wildman–Crippen MR) is 68.6 cm³/mol. The molecule has 0 radical (unpaired) electrons. The standard InChI is InChI=1S/C16H22O2/c1-3-13(17)18-12-7-11-8(2)14(12)16-10-5-4-9(6-10)15(11)16/h3,8-12,14-16H,1,4-7H2,2H3. The van der Waals surface area contributed by atoms with Crippen LogP contribution < -0.4 is 0 Å². The van der Waals surface area contributed by atoms with Gasteiger partial charge in [-0.3, -0.25) is 0 Å². The Morgan fingerprint density at radius 3 is 2.61 bits per heavy atom. The van der Waals surface area contributed by atoms with Crippen molar-refractivity contribution in [3.05, 3.63) is 12.7 Å². The predicted octanol–water partition coefficient (Wildman–Crippen LogP) is 3.03. The van der Waals surface area contributed by atoms with E-state index in [1.807, 2.05) is 0 Å². The van der Waals surface area contributed by atoms with Gasteiger partial charge in [-0.25, -0.2) is 4.79 Å². The lowest BCUT2D eigenvalue weighted by Crippen LogP contribution is -2.37. The van der Waals surface area contributed by atoms with Gasteiger partial charge in [0, 0.05) is 12.0 Å². The van der Waals surface area contributed by atoms with Crippen molar-refractivity contribution in [2.45, 2.75) is 38.7 Å². The molecule has 4 bridgehead atoms. The highest BCUT2D eigenvalue weighted by Gasteiger charge is 2.66. The molecule has 4 rings (SSSR count). The van der Waals surface area contributed by atoms with Crippen molar-refractivity contribution in [1.82, 2.24) is 0 Å². The van der Waals surface area contributed by atoms with Crippen LogP contribution in [0.2, 0.25) is 0 Å². The van der Waals surface area contributed by atoms with Gasteiger partial charge < -0.3 is 4.74 Å². The normalized spacial score (nSPS) is 55.6. The molecule has 0 heterocycles. The van der Waals surface area contributed by atoms with Gasteiger partial charge in [0.25, 0.3) is 0 Å². The number of fused-ring (bicyclic) bond motifs is 9. The van der Waals surface area contributed by atoms with E-state index < -0.39 is 0 Å². The van der Waals surface area contributed by atoms with Gasteiger partial charge in [0.15, 0.2) is 0 Å². The summed E-state index contributed by atoms with van der Waals surface area (Å²) in [5.41, 5.74) is 0. The SMILES string of the molecule is C=CC(=O)OC1CC2C(C)C1C1C3CCC(C3)C21. The van der Waals surface area contributed by atoms with E-state index in [4.69, 9.17) is 4.74 Å². The van der Waals surface area contributed by atoms with E-state index in [-0.39, 0.29) is 12.1 Å². The minimum atomic E-state index is -0.223. The Morgan fingerprint density at radius 2 is 1.89 bits per heavy atom. The molecule has 0 spiro atoms. The monoisotopic (exact) mass is 246 g/mol. The van der Waals surface area contributed by atoms with Crippen LogP contribution in [0.3, 0.4) is 0 Å². The van der Waals surface area contributed by atoms with Crippen LogP contribution in [0, 0.1) is 41.4 Å². The summed E-state index contributed by atoms with van der Waals surface area (Å²) in [6.45, 7) is 5.91. The fourth-order valence-electron chi connectivity index (χ4n) is 6.28. The molecule has 4 saturated carbocycles. The average Bonchev–Trinajstić information content (AvgIpc) is 3.08. The minimum Gasteiger partial charge on any atom is -0.459 e. The molecule has 8 atom stereocenters. The number of ether oxygens (including phenoxy) is 1. The summed E-state index contributed by atoms with van der Waals surface area (Å²) in [6.07, 6.45) is 7.00. The third-order valence-electron chi connectivity index (χ3n) is 6.64. The number of hydrogen-bond donors (Lipinski definition) is 0. The molecule has 0 aromatic carbocycles. The molecule has 2 heteroatoms. The topological polar surface area (TPSA) is 26.3 Å². The van der Waals surface area contributed by atoms with Gasteiger partial charge in [-0.15, -0.1) is 0 Å². The smallest absolute Gasteiger partial charge is 0.330 e. The summed E-state index contributed by atoms with van der Waals surface area (Å²) in [7, 11) is 0. The number of hydrogen-bond acceptors (Lipinski definition) is 2. The lowest BCUT2D eigenvalue weighted by Gasteiger charge is -2.38. The molecule has 98 valence electrons. The highest BCUT2D eigenvalue weighted by molar-refractivity contribution is 5.81. The summed E-state index contributed by atoms with van der Waals surface area (Å²) in [6, 6.07) is 0. The van der Waals surface area contributed by atoms with Gasteiger partial charge >= 0.3 is 5.97 Å². The summed E-state index contributed by atoms with van der Waals surface area (Å²) in [4.78, 5) is 11.5. The lowest BCUT2D eigenvalue weighted by molar-refractivity contribution is -0.148. The molecule has 18 heavy (non-hydrogen) atoms. The van der Waals surface area contributed by atoms with Crippen molar-refractivity contribution in [2.24, 2.45) is 41.4 Å². The zero-order valence-electron chi connectivity index (χ0n) is 11.0. The Hall–Kier alpha value is -0.790. The van der Waals surface area contributed by atoms with Crippen molar-refractivity contribution in [3.63, 3.8) is 0 Å². The Labute approximate surface area is 109 Å². The molecule has 0 N–H and O–H groups in total. The molecule has 2 nitrogen and oxygen atoms in total. The largest absolute Gasteiger partial charge is 0.459 e. The minimum absolute atomic E-state index is 0.191. The fourth-order valence-corrected chi connectivity index (χ4v) is 6.28. The third kappa shape index (κ3) is 1.22. The summed E-state index contributed by atoms with van der Waals surface area (Å²) in [5, 5.41) is 0. The molecular formula is C16H22O2. The van der Waals surface area contributed by atoms with Gasteiger partial charge in [0.2, 0.25) is 0 Å². The molecule has 0 saturated heterocycles. The number of carbonyl (C=O) groups is 1. The van der Waals surface area contributed by atoms with Crippen molar-refractivity contribution in [2.75, 3.05) is 0 Å². The van der Waals surface area contributed by atoms with E-state index in [0.717, 1.165) is 41.9 Å². The van der Waals surface area contributed by atoms with Crippen LogP contribution in [0.25, 0.3) is 0 Å². The molecule has 4 aliphatic carbocycles. The van der Waals surface area contributed by atoms with Crippen LogP contribution in [0.15, 0.2) is 12.7 Å². The highest BCUT2D eigenvalue weighted by atomic mass is 16.5. The molecule has 4 aliphatic rings. The first kappa shape index (κ1) is 11.1. The molecule has 0 aromatic heterocycles.